The lowest BCUT2D eigenvalue weighted by molar-refractivity contribution is -0.136. The molecule has 0 fully saturated rings. The van der Waals surface area contributed by atoms with Crippen molar-refractivity contribution in [3.05, 3.63) is 41.1 Å². The van der Waals surface area contributed by atoms with Gasteiger partial charge in [0.2, 0.25) is 0 Å². The normalized spacial score (nSPS) is 14.3. The molecule has 0 bridgehead atoms. The number of carbonyl (C=O) groups excluding carboxylic acids is 2. The molecule has 0 aliphatic carbocycles. The third-order valence-electron chi connectivity index (χ3n) is 3.03. The molecule has 0 saturated heterocycles. The summed E-state index contributed by atoms with van der Waals surface area (Å²) >= 11 is 0. The summed E-state index contributed by atoms with van der Waals surface area (Å²) in [7, 11) is 1.27. The van der Waals surface area contributed by atoms with Gasteiger partial charge in [0.1, 0.15) is 0 Å². The molecule has 1 heterocycles. The van der Waals surface area contributed by atoms with E-state index >= 15 is 0 Å². The quantitative estimate of drug-likeness (QED) is 0.727. The minimum absolute atomic E-state index is 0.0400. The van der Waals surface area contributed by atoms with Crippen molar-refractivity contribution in [2.75, 3.05) is 7.11 Å². The van der Waals surface area contributed by atoms with Crippen LogP contribution in [0.4, 0.5) is 5.69 Å². The fraction of sp³-hybridized carbons (Fsp3) is 0.333. The van der Waals surface area contributed by atoms with Gasteiger partial charge in [-0.2, -0.15) is 0 Å². The molecule has 1 aliphatic rings. The van der Waals surface area contributed by atoms with Gasteiger partial charge < -0.3 is 4.74 Å². The van der Waals surface area contributed by atoms with Gasteiger partial charge in [-0.25, -0.2) is 10.1 Å². The molecular formula is C15H16NO3. The van der Waals surface area contributed by atoms with Crippen molar-refractivity contribution in [1.82, 2.24) is 5.32 Å². The number of benzene rings is 1. The average Bonchev–Trinajstić information content (AvgIpc) is 2.36. The van der Waals surface area contributed by atoms with E-state index in [0.29, 0.717) is 11.3 Å². The monoisotopic (exact) mass is 258 g/mol. The summed E-state index contributed by atoms with van der Waals surface area (Å²) in [5.74, 6) is -0.810. The summed E-state index contributed by atoms with van der Waals surface area (Å²) < 4.78 is 4.58. The van der Waals surface area contributed by atoms with Crippen LogP contribution in [0.15, 0.2) is 30.0 Å². The molecule has 0 atom stereocenters. The van der Waals surface area contributed by atoms with Crippen molar-refractivity contribution < 1.29 is 14.3 Å². The van der Waals surface area contributed by atoms with E-state index in [-0.39, 0.29) is 16.9 Å². The minimum Gasteiger partial charge on any atom is -0.464 e. The van der Waals surface area contributed by atoms with Gasteiger partial charge >= 0.3 is 5.97 Å². The highest BCUT2D eigenvalue weighted by molar-refractivity contribution is 6.13. The standard InChI is InChI=1S/C15H16NO3/c1-15(2,3)9-5-6-11-10(7-9)13(17)8-12(16-11)14(18)19-4/h5-8H,1-4H3. The molecule has 1 aliphatic heterocycles. The number of hydrogen-bond donors (Lipinski definition) is 0. The van der Waals surface area contributed by atoms with E-state index in [1.807, 2.05) is 12.1 Å². The molecule has 1 radical (unpaired) electrons. The second-order valence-corrected chi connectivity index (χ2v) is 5.48. The SMILES string of the molecule is COC(=O)C1=CC(=O)c2cc(C(C)(C)C)ccc2[N]1. The Labute approximate surface area is 112 Å². The lowest BCUT2D eigenvalue weighted by Crippen LogP contribution is -2.21. The van der Waals surface area contributed by atoms with Crippen molar-refractivity contribution in [2.24, 2.45) is 0 Å². The fourth-order valence-corrected chi connectivity index (χ4v) is 1.87. The molecule has 1 aromatic rings. The second-order valence-electron chi connectivity index (χ2n) is 5.48. The predicted molar refractivity (Wildman–Crippen MR) is 71.4 cm³/mol. The Kier molecular flexibility index (Phi) is 3.18. The van der Waals surface area contributed by atoms with Crippen molar-refractivity contribution in [3.63, 3.8) is 0 Å². The Bertz CT molecular complexity index is 580. The number of ether oxygens (including phenoxy) is 1. The first-order valence-electron chi connectivity index (χ1n) is 6.03. The Morgan fingerprint density at radius 1 is 1.26 bits per heavy atom. The van der Waals surface area contributed by atoms with E-state index in [1.165, 1.54) is 13.2 Å². The van der Waals surface area contributed by atoms with Crippen molar-refractivity contribution in [1.29, 1.82) is 0 Å². The smallest absolute Gasteiger partial charge is 0.356 e. The Morgan fingerprint density at radius 3 is 2.53 bits per heavy atom. The molecule has 19 heavy (non-hydrogen) atoms. The van der Waals surface area contributed by atoms with Crippen LogP contribution in [0, 0.1) is 0 Å². The summed E-state index contributed by atoms with van der Waals surface area (Å²) in [6.45, 7) is 6.23. The molecule has 1 aromatic carbocycles. The molecule has 4 nitrogen and oxygen atoms in total. The third-order valence-corrected chi connectivity index (χ3v) is 3.03. The number of allylic oxidation sites excluding steroid dienone is 1. The maximum atomic E-state index is 12.1. The third kappa shape index (κ3) is 2.52. The first-order valence-corrected chi connectivity index (χ1v) is 6.03. The Hall–Kier alpha value is -2.10. The van der Waals surface area contributed by atoms with Crippen LogP contribution in [0.5, 0.6) is 0 Å². The molecule has 0 saturated carbocycles. The number of carbonyl (C=O) groups is 2. The Morgan fingerprint density at radius 2 is 1.95 bits per heavy atom. The molecule has 0 unspecified atom stereocenters. The number of hydrogen-bond acceptors (Lipinski definition) is 3. The zero-order chi connectivity index (χ0) is 14.2. The van der Waals surface area contributed by atoms with Crippen molar-refractivity contribution >= 4 is 17.4 Å². The molecular weight excluding hydrogens is 242 g/mol. The van der Waals surface area contributed by atoms with E-state index in [0.717, 1.165) is 5.56 Å². The maximum Gasteiger partial charge on any atom is 0.356 e. The highest BCUT2D eigenvalue weighted by Crippen LogP contribution is 2.30. The van der Waals surface area contributed by atoms with Crippen LogP contribution in [0.2, 0.25) is 0 Å². The zero-order valence-electron chi connectivity index (χ0n) is 11.5. The average molecular weight is 258 g/mol. The molecule has 2 rings (SSSR count). The number of methoxy groups -OCH3 is 1. The van der Waals surface area contributed by atoms with Crippen LogP contribution < -0.4 is 5.32 Å². The Balaban J connectivity index is 2.42. The van der Waals surface area contributed by atoms with Gasteiger partial charge in [0.25, 0.3) is 0 Å². The van der Waals surface area contributed by atoms with Gasteiger partial charge in [0.05, 0.1) is 12.8 Å². The highest BCUT2D eigenvalue weighted by atomic mass is 16.5. The van der Waals surface area contributed by atoms with Crippen molar-refractivity contribution in [3.8, 4) is 0 Å². The van der Waals surface area contributed by atoms with E-state index < -0.39 is 5.97 Å². The minimum atomic E-state index is -0.598. The van der Waals surface area contributed by atoms with Gasteiger partial charge in [-0.1, -0.05) is 26.8 Å². The van der Waals surface area contributed by atoms with Gasteiger partial charge in [-0.05, 0) is 23.1 Å². The van der Waals surface area contributed by atoms with E-state index in [1.54, 1.807) is 6.07 Å². The summed E-state index contributed by atoms with van der Waals surface area (Å²) in [6.07, 6.45) is 1.22. The zero-order valence-corrected chi connectivity index (χ0v) is 11.5. The van der Waals surface area contributed by atoms with Crippen LogP contribution in [0.25, 0.3) is 0 Å². The number of ketones is 1. The van der Waals surface area contributed by atoms with E-state index in [4.69, 9.17) is 0 Å². The molecule has 0 N–H and O–H groups in total. The number of rotatable bonds is 1. The summed E-state index contributed by atoms with van der Waals surface area (Å²) in [5, 5.41) is 4.16. The highest BCUT2D eigenvalue weighted by Gasteiger charge is 2.25. The summed E-state index contributed by atoms with van der Waals surface area (Å²) in [4.78, 5) is 23.5. The maximum absolute atomic E-state index is 12.1. The van der Waals surface area contributed by atoms with Crippen molar-refractivity contribution in [2.45, 2.75) is 26.2 Å². The van der Waals surface area contributed by atoms with Crippen LogP contribution >= 0.6 is 0 Å². The summed E-state index contributed by atoms with van der Waals surface area (Å²) in [5.41, 5.74) is 2.11. The molecule has 99 valence electrons. The number of nitrogens with zero attached hydrogens (tertiary/aromatic N) is 1. The van der Waals surface area contributed by atoms with Gasteiger partial charge in [-0.15, -0.1) is 0 Å². The first kappa shape index (κ1) is 13.3. The largest absolute Gasteiger partial charge is 0.464 e. The fourth-order valence-electron chi connectivity index (χ4n) is 1.87. The molecule has 4 heteroatoms. The van der Waals surface area contributed by atoms with Crippen LogP contribution in [-0.2, 0) is 14.9 Å². The molecule has 0 spiro atoms. The van der Waals surface area contributed by atoms with E-state index in [9.17, 15) is 9.59 Å². The first-order chi connectivity index (χ1) is 8.82. The molecule has 0 aromatic heterocycles. The lowest BCUT2D eigenvalue weighted by atomic mass is 9.85. The van der Waals surface area contributed by atoms with Crippen LogP contribution in [0.1, 0.15) is 36.7 Å². The van der Waals surface area contributed by atoms with Gasteiger partial charge in [0, 0.05) is 11.6 Å². The van der Waals surface area contributed by atoms with Gasteiger partial charge in [0.15, 0.2) is 11.5 Å². The van der Waals surface area contributed by atoms with Crippen LogP contribution in [0.3, 0.4) is 0 Å². The van der Waals surface area contributed by atoms with Crippen LogP contribution in [-0.4, -0.2) is 18.9 Å². The second kappa shape index (κ2) is 4.53. The number of fused-ring (bicyclic) bond motifs is 1. The predicted octanol–water partition coefficient (Wildman–Crippen LogP) is 2.47. The summed E-state index contributed by atoms with van der Waals surface area (Å²) in [6, 6.07) is 5.53. The number of esters is 1. The lowest BCUT2D eigenvalue weighted by Gasteiger charge is -2.22. The van der Waals surface area contributed by atoms with Gasteiger partial charge in [-0.3, -0.25) is 4.79 Å². The molecule has 0 amide bonds. The van der Waals surface area contributed by atoms with E-state index in [2.05, 4.69) is 30.8 Å². The topological polar surface area (TPSA) is 57.5 Å².